The number of esters is 1. The molecule has 2 saturated heterocycles. The summed E-state index contributed by atoms with van der Waals surface area (Å²) in [5.74, 6) is -4.42. The molecule has 1 aromatic rings. The maximum absolute atomic E-state index is 12.9. The lowest BCUT2D eigenvalue weighted by Crippen LogP contribution is -2.58. The van der Waals surface area contributed by atoms with Gasteiger partial charge in [0.05, 0.1) is 13.0 Å². The van der Waals surface area contributed by atoms with Crippen molar-refractivity contribution < 1.29 is 43.4 Å². The Morgan fingerprint density at radius 3 is 2.53 bits per heavy atom. The number of hydrogen-bond donors (Lipinski definition) is 2. The molecule has 12 heteroatoms. The van der Waals surface area contributed by atoms with E-state index >= 15 is 0 Å². The maximum Gasteiger partial charge on any atom is 0.417 e. The Morgan fingerprint density at radius 2 is 1.97 bits per heavy atom. The molecular weight excluding hydrogens is 402 g/mol. The summed E-state index contributed by atoms with van der Waals surface area (Å²) in [5.41, 5.74) is 3.63. The number of imide groups is 1. The smallest absolute Gasteiger partial charge is 0.417 e. The van der Waals surface area contributed by atoms with Gasteiger partial charge in [0.15, 0.2) is 0 Å². The van der Waals surface area contributed by atoms with Gasteiger partial charge in [0.25, 0.3) is 5.91 Å². The Bertz CT molecular complexity index is 875. The summed E-state index contributed by atoms with van der Waals surface area (Å²) in [7, 11) is 0. The van der Waals surface area contributed by atoms with Gasteiger partial charge < -0.3 is 20.3 Å². The number of aliphatic carboxylic acids is 1. The van der Waals surface area contributed by atoms with E-state index < -0.39 is 54.8 Å². The molecule has 2 aliphatic rings. The van der Waals surface area contributed by atoms with Crippen molar-refractivity contribution in [2.75, 3.05) is 13.2 Å². The van der Waals surface area contributed by atoms with Crippen molar-refractivity contribution in [3.05, 3.63) is 35.9 Å². The lowest BCUT2D eigenvalue weighted by molar-refractivity contribution is -0.256. The van der Waals surface area contributed by atoms with Crippen LogP contribution in [-0.2, 0) is 40.1 Å². The molecular formula is C18H19N3O9. The van der Waals surface area contributed by atoms with E-state index in [1.807, 2.05) is 0 Å². The minimum atomic E-state index is -2.37. The van der Waals surface area contributed by atoms with Crippen molar-refractivity contribution in [1.82, 2.24) is 9.96 Å². The van der Waals surface area contributed by atoms with Gasteiger partial charge in [-0.15, -0.1) is 0 Å². The van der Waals surface area contributed by atoms with E-state index in [1.54, 1.807) is 30.3 Å². The summed E-state index contributed by atoms with van der Waals surface area (Å²) in [5, 5.41) is 9.90. The lowest BCUT2D eigenvalue weighted by atomic mass is 10.1. The fraction of sp³-hybridized carbons (Fsp3) is 0.389. The molecule has 2 atom stereocenters. The van der Waals surface area contributed by atoms with Crippen LogP contribution in [0.5, 0.6) is 0 Å². The molecule has 0 radical (unpaired) electrons. The Balaban J connectivity index is 1.79. The second kappa shape index (κ2) is 8.47. The fourth-order valence-electron chi connectivity index (χ4n) is 3.12. The molecule has 2 heterocycles. The summed E-state index contributed by atoms with van der Waals surface area (Å²) in [4.78, 5) is 66.5. The second-order valence-electron chi connectivity index (χ2n) is 6.52. The van der Waals surface area contributed by atoms with Gasteiger partial charge in [0.1, 0.15) is 19.3 Å². The highest BCUT2D eigenvalue weighted by Gasteiger charge is 2.60. The zero-order valence-corrected chi connectivity index (χ0v) is 15.7. The first-order chi connectivity index (χ1) is 14.3. The fourth-order valence-corrected chi connectivity index (χ4v) is 3.12. The Labute approximate surface area is 170 Å². The molecule has 12 nitrogen and oxygen atoms in total. The van der Waals surface area contributed by atoms with E-state index in [1.165, 1.54) is 0 Å². The van der Waals surface area contributed by atoms with Crippen LogP contribution in [0.4, 0.5) is 4.79 Å². The molecule has 3 rings (SSSR count). The molecule has 160 valence electrons. The maximum atomic E-state index is 12.9. The van der Waals surface area contributed by atoms with Gasteiger partial charge in [-0.05, 0) is 5.56 Å². The average molecular weight is 421 g/mol. The number of nitrogens with two attached hydrogens (primary N) is 1. The number of carbonyl (C=O) groups is 5. The summed E-state index contributed by atoms with van der Waals surface area (Å²) >= 11 is 0. The van der Waals surface area contributed by atoms with Crippen molar-refractivity contribution in [3.63, 3.8) is 0 Å². The van der Waals surface area contributed by atoms with Crippen LogP contribution in [0.15, 0.2) is 30.3 Å². The molecule has 0 aliphatic carbocycles. The third-order valence-corrected chi connectivity index (χ3v) is 4.62. The number of ether oxygens (including phenoxy) is 2. The van der Waals surface area contributed by atoms with Gasteiger partial charge in [-0.2, -0.15) is 5.06 Å². The lowest BCUT2D eigenvalue weighted by Gasteiger charge is -2.31. The van der Waals surface area contributed by atoms with E-state index in [0.29, 0.717) is 15.5 Å². The predicted octanol–water partition coefficient (Wildman–Crippen LogP) is -0.629. The first-order valence-corrected chi connectivity index (χ1v) is 8.95. The molecule has 30 heavy (non-hydrogen) atoms. The third kappa shape index (κ3) is 3.82. The summed E-state index contributed by atoms with van der Waals surface area (Å²) in [6.45, 7) is -1.32. The molecule has 2 aliphatic heterocycles. The molecule has 0 aromatic heterocycles. The number of hydrogen-bond acceptors (Lipinski definition) is 9. The number of carboxylic acids is 1. The first kappa shape index (κ1) is 21.2. The van der Waals surface area contributed by atoms with Gasteiger partial charge in [-0.25, -0.2) is 14.5 Å². The van der Waals surface area contributed by atoms with Crippen LogP contribution in [0, 0.1) is 0 Å². The third-order valence-electron chi connectivity index (χ3n) is 4.62. The van der Waals surface area contributed by atoms with Crippen LogP contribution in [0.2, 0.25) is 0 Å². The number of amides is 3. The zero-order valence-electron chi connectivity index (χ0n) is 15.7. The number of hydroxylamine groups is 2. The molecule has 1 unspecified atom stereocenters. The summed E-state index contributed by atoms with van der Waals surface area (Å²) in [6.07, 6.45) is -1.73. The second-order valence-corrected chi connectivity index (χ2v) is 6.52. The monoisotopic (exact) mass is 421 g/mol. The molecule has 2 fully saturated rings. The van der Waals surface area contributed by atoms with Crippen molar-refractivity contribution in [3.8, 4) is 0 Å². The molecule has 3 N–H and O–H groups in total. The highest BCUT2D eigenvalue weighted by atomic mass is 16.7. The van der Waals surface area contributed by atoms with Gasteiger partial charge in [0.2, 0.25) is 5.91 Å². The Morgan fingerprint density at radius 1 is 1.27 bits per heavy atom. The summed E-state index contributed by atoms with van der Waals surface area (Å²) in [6, 6.07) is 7.09. The van der Waals surface area contributed by atoms with Crippen LogP contribution >= 0.6 is 0 Å². The van der Waals surface area contributed by atoms with Gasteiger partial charge in [-0.1, -0.05) is 30.3 Å². The Hall–Kier alpha value is -3.51. The van der Waals surface area contributed by atoms with Crippen LogP contribution in [-0.4, -0.2) is 69.8 Å². The molecule has 3 amide bonds. The van der Waals surface area contributed by atoms with Crippen molar-refractivity contribution in [2.24, 2.45) is 5.73 Å². The van der Waals surface area contributed by atoms with Gasteiger partial charge in [-0.3, -0.25) is 19.2 Å². The molecule has 0 saturated carbocycles. The van der Waals surface area contributed by atoms with Crippen LogP contribution in [0.1, 0.15) is 18.4 Å². The Kier molecular flexibility index (Phi) is 5.99. The number of nitrogens with zero attached hydrogens (tertiary/aromatic N) is 2. The number of carbonyl (C=O) groups excluding carboxylic acids is 4. The molecule has 0 bridgehead atoms. The largest absolute Gasteiger partial charge is 0.477 e. The van der Waals surface area contributed by atoms with Gasteiger partial charge >= 0.3 is 23.8 Å². The molecule has 1 aromatic carbocycles. The number of benzene rings is 1. The standard InChI is InChI=1S/C18H19N3O9/c19-8-13(22)20(17(27)28-9-11-4-2-1-3-5-11)12-10-29-21(15(12)24)18(16(25)26)7-6-14(23)30-18/h1-5,12H,6-10,19H2,(H,25,26)/t12-,18?/m0/s1. The minimum Gasteiger partial charge on any atom is -0.477 e. The summed E-state index contributed by atoms with van der Waals surface area (Å²) < 4.78 is 9.95. The van der Waals surface area contributed by atoms with Crippen molar-refractivity contribution >= 4 is 29.8 Å². The normalized spacial score (nSPS) is 23.2. The number of cyclic esters (lactones) is 1. The average Bonchev–Trinajstić information content (AvgIpc) is 3.31. The van der Waals surface area contributed by atoms with E-state index in [4.69, 9.17) is 20.0 Å². The highest BCUT2D eigenvalue weighted by Crippen LogP contribution is 2.35. The van der Waals surface area contributed by atoms with Crippen molar-refractivity contribution in [2.45, 2.75) is 31.2 Å². The quantitative estimate of drug-likeness (QED) is 0.565. The van der Waals surface area contributed by atoms with E-state index in [-0.39, 0.29) is 19.4 Å². The van der Waals surface area contributed by atoms with E-state index in [9.17, 15) is 29.1 Å². The zero-order chi connectivity index (χ0) is 21.9. The van der Waals surface area contributed by atoms with Crippen LogP contribution < -0.4 is 5.73 Å². The van der Waals surface area contributed by atoms with Crippen LogP contribution in [0.25, 0.3) is 0 Å². The number of carboxylic acid groups (broad SMARTS) is 1. The van der Waals surface area contributed by atoms with E-state index in [0.717, 1.165) is 0 Å². The van der Waals surface area contributed by atoms with E-state index in [2.05, 4.69) is 0 Å². The predicted molar refractivity (Wildman–Crippen MR) is 94.8 cm³/mol. The molecule has 0 spiro atoms. The first-order valence-electron chi connectivity index (χ1n) is 8.95. The van der Waals surface area contributed by atoms with Crippen molar-refractivity contribution in [1.29, 1.82) is 0 Å². The number of rotatable bonds is 6. The van der Waals surface area contributed by atoms with Crippen LogP contribution in [0.3, 0.4) is 0 Å². The minimum absolute atomic E-state index is 0.170. The van der Waals surface area contributed by atoms with Gasteiger partial charge in [0, 0.05) is 6.42 Å². The SMILES string of the molecule is NCC(=O)N(C(=O)OCc1ccccc1)[C@H]1CON(C2(C(=O)O)CCC(=O)O2)C1=O. The highest BCUT2D eigenvalue weighted by molar-refractivity contribution is 6.00. The topological polar surface area (TPSA) is 166 Å².